The molecule has 0 heterocycles. The highest BCUT2D eigenvalue weighted by Gasteiger charge is 2.42. The molecule has 0 spiro atoms. The lowest BCUT2D eigenvalue weighted by Crippen LogP contribution is -2.52. The van der Waals surface area contributed by atoms with Crippen molar-refractivity contribution in [1.29, 1.82) is 0 Å². The van der Waals surface area contributed by atoms with Crippen molar-refractivity contribution in [3.05, 3.63) is 48.6 Å². The molecule has 0 amide bonds. The van der Waals surface area contributed by atoms with Crippen molar-refractivity contribution in [2.45, 2.75) is 63.8 Å². The Bertz CT molecular complexity index is 541. The number of ether oxygens (including phenoxy) is 3. The molecule has 0 aliphatic carbocycles. The smallest absolute Gasteiger partial charge is 0.192 e. The molecule has 3 atom stereocenters. The minimum absolute atomic E-state index is 0.0234. The zero-order chi connectivity index (χ0) is 20.5. The van der Waals surface area contributed by atoms with E-state index in [0.717, 1.165) is 5.56 Å². The topological polar surface area (TPSA) is 57.2 Å². The van der Waals surface area contributed by atoms with E-state index >= 15 is 0 Å². The molecule has 0 aliphatic rings. The van der Waals surface area contributed by atoms with Gasteiger partial charge in [0.1, 0.15) is 19.0 Å². The van der Waals surface area contributed by atoms with Crippen LogP contribution < -0.4 is 0 Å². The largest absolute Gasteiger partial charge is 0.409 e. The number of methoxy groups -OCH3 is 1. The predicted molar refractivity (Wildman–Crippen MR) is 111 cm³/mol. The summed E-state index contributed by atoms with van der Waals surface area (Å²) < 4.78 is 23.3. The van der Waals surface area contributed by atoms with Gasteiger partial charge in [0.05, 0.1) is 19.3 Å². The molecule has 0 fully saturated rings. The van der Waals surface area contributed by atoms with Crippen molar-refractivity contribution >= 4 is 8.32 Å². The van der Waals surface area contributed by atoms with E-state index in [4.69, 9.17) is 18.6 Å². The van der Waals surface area contributed by atoms with E-state index in [1.54, 1.807) is 7.11 Å². The Hall–Kier alpha value is -1.02. The van der Waals surface area contributed by atoms with Crippen LogP contribution in [-0.2, 0) is 25.2 Å². The third-order valence-electron chi connectivity index (χ3n) is 4.97. The van der Waals surface area contributed by atoms with Gasteiger partial charge < -0.3 is 23.7 Å². The zero-order valence-electron chi connectivity index (χ0n) is 17.6. The highest BCUT2D eigenvalue weighted by molar-refractivity contribution is 6.74. The highest BCUT2D eigenvalue weighted by atomic mass is 28.4. The van der Waals surface area contributed by atoms with Crippen LogP contribution in [0.2, 0.25) is 18.1 Å². The fraction of sp³-hybridized carbons (Fsp3) is 0.619. The van der Waals surface area contributed by atoms with Gasteiger partial charge in [0.15, 0.2) is 8.32 Å². The molecule has 0 aromatic heterocycles. The number of hydrogen-bond acceptors (Lipinski definition) is 5. The number of rotatable bonds is 12. The van der Waals surface area contributed by atoms with Gasteiger partial charge in [-0.2, -0.15) is 0 Å². The number of benzene rings is 1. The molecule has 1 rings (SSSR count). The average molecular weight is 397 g/mol. The second kappa shape index (κ2) is 11.1. The summed E-state index contributed by atoms with van der Waals surface area (Å²) in [6, 6.07) is 9.97. The van der Waals surface area contributed by atoms with Gasteiger partial charge in [-0.25, -0.2) is 0 Å². The normalized spacial score (nSPS) is 16.0. The summed E-state index contributed by atoms with van der Waals surface area (Å²) in [4.78, 5) is 0. The van der Waals surface area contributed by atoms with Gasteiger partial charge in [0, 0.05) is 7.11 Å². The molecule has 0 saturated heterocycles. The van der Waals surface area contributed by atoms with Crippen LogP contribution in [0.5, 0.6) is 0 Å². The molecule has 0 aliphatic heterocycles. The number of hydrogen-bond donors (Lipinski definition) is 1. The van der Waals surface area contributed by atoms with E-state index in [9.17, 15) is 5.11 Å². The van der Waals surface area contributed by atoms with Gasteiger partial charge >= 0.3 is 0 Å². The maximum absolute atomic E-state index is 10.4. The molecule has 5 nitrogen and oxygen atoms in total. The third kappa shape index (κ3) is 7.85. The van der Waals surface area contributed by atoms with Gasteiger partial charge in [-0.3, -0.25) is 0 Å². The van der Waals surface area contributed by atoms with Crippen LogP contribution in [0, 0.1) is 0 Å². The molecular formula is C21H36O5Si. The molecule has 0 unspecified atom stereocenters. The van der Waals surface area contributed by atoms with E-state index in [0.29, 0.717) is 13.2 Å². The maximum Gasteiger partial charge on any atom is 0.192 e. The van der Waals surface area contributed by atoms with E-state index in [1.807, 2.05) is 30.3 Å². The van der Waals surface area contributed by atoms with Crippen molar-refractivity contribution in [3.63, 3.8) is 0 Å². The van der Waals surface area contributed by atoms with Gasteiger partial charge in [-0.1, -0.05) is 57.2 Å². The Morgan fingerprint density at radius 3 is 2.33 bits per heavy atom. The lowest BCUT2D eigenvalue weighted by atomic mass is 10.1. The summed E-state index contributed by atoms with van der Waals surface area (Å²) in [6.07, 6.45) is -0.472. The molecular weight excluding hydrogens is 360 g/mol. The van der Waals surface area contributed by atoms with Crippen LogP contribution >= 0.6 is 0 Å². The summed E-state index contributed by atoms with van der Waals surface area (Å²) in [6.45, 7) is 15.4. The van der Waals surface area contributed by atoms with Crippen molar-refractivity contribution in [1.82, 2.24) is 0 Å². The first-order valence-electron chi connectivity index (χ1n) is 9.33. The lowest BCUT2D eigenvalue weighted by molar-refractivity contribution is -0.151. The predicted octanol–water partition coefficient (Wildman–Crippen LogP) is 4.13. The number of aliphatic hydroxyl groups is 1. The van der Waals surface area contributed by atoms with Gasteiger partial charge in [0.2, 0.25) is 0 Å². The fourth-order valence-corrected chi connectivity index (χ4v) is 3.64. The Morgan fingerprint density at radius 2 is 1.81 bits per heavy atom. The fourth-order valence-electron chi connectivity index (χ4n) is 2.32. The van der Waals surface area contributed by atoms with E-state index in [-0.39, 0.29) is 11.8 Å². The van der Waals surface area contributed by atoms with Gasteiger partial charge in [0.25, 0.3) is 0 Å². The molecule has 0 saturated carbocycles. The number of aliphatic hydroxyl groups excluding tert-OH is 1. The zero-order valence-corrected chi connectivity index (χ0v) is 18.6. The maximum atomic E-state index is 10.4. The van der Waals surface area contributed by atoms with Crippen molar-refractivity contribution in [2.24, 2.45) is 0 Å². The monoisotopic (exact) mass is 396 g/mol. The van der Waals surface area contributed by atoms with E-state index < -0.39 is 26.6 Å². The second-order valence-corrected chi connectivity index (χ2v) is 12.9. The van der Waals surface area contributed by atoms with Crippen LogP contribution in [0.4, 0.5) is 0 Å². The molecule has 0 radical (unpaired) electrons. The van der Waals surface area contributed by atoms with Crippen molar-refractivity contribution in [2.75, 3.05) is 20.5 Å². The summed E-state index contributed by atoms with van der Waals surface area (Å²) in [5, 5.41) is 10.4. The first-order valence-corrected chi connectivity index (χ1v) is 12.2. The molecule has 27 heavy (non-hydrogen) atoms. The molecule has 1 aromatic carbocycles. The third-order valence-corrected chi connectivity index (χ3v) is 9.47. The summed E-state index contributed by atoms with van der Waals surface area (Å²) >= 11 is 0. The summed E-state index contributed by atoms with van der Waals surface area (Å²) in [7, 11) is -0.556. The minimum Gasteiger partial charge on any atom is -0.409 e. The Labute approximate surface area is 165 Å². The van der Waals surface area contributed by atoms with Crippen LogP contribution in [0.3, 0.4) is 0 Å². The van der Waals surface area contributed by atoms with Gasteiger partial charge in [-0.05, 0) is 23.7 Å². The van der Waals surface area contributed by atoms with Gasteiger partial charge in [-0.15, -0.1) is 6.58 Å². The molecule has 6 heteroatoms. The standard InChI is InChI=1S/C21H36O5Si/c1-8-18(22)20(25-16-23-5)19(26-27(6,7)21(2,3)4)15-24-14-17-12-10-9-11-13-17/h8-13,18-20,22H,1,14-16H2,2-7H3/t18-,19+,20+/m0/s1. The van der Waals surface area contributed by atoms with Crippen molar-refractivity contribution < 1.29 is 23.7 Å². The molecule has 1 aromatic rings. The van der Waals surface area contributed by atoms with Crippen LogP contribution in [0.25, 0.3) is 0 Å². The van der Waals surface area contributed by atoms with Crippen LogP contribution in [0.15, 0.2) is 43.0 Å². The average Bonchev–Trinajstić information content (AvgIpc) is 2.61. The minimum atomic E-state index is -2.10. The molecule has 1 N–H and O–H groups in total. The lowest BCUT2D eigenvalue weighted by Gasteiger charge is -2.41. The first kappa shape index (κ1) is 24.0. The Kier molecular flexibility index (Phi) is 9.87. The SMILES string of the molecule is C=C[C@H](O)[C@@H](OCOC)[C@@H](COCc1ccccc1)O[Si](C)(C)C(C)(C)C. The first-order chi connectivity index (χ1) is 12.6. The van der Waals surface area contributed by atoms with E-state index in [2.05, 4.69) is 40.4 Å². The Balaban J connectivity index is 2.92. The molecule has 154 valence electrons. The summed E-state index contributed by atoms with van der Waals surface area (Å²) in [5.74, 6) is 0. The summed E-state index contributed by atoms with van der Waals surface area (Å²) in [5.41, 5.74) is 1.09. The molecule has 0 bridgehead atoms. The highest BCUT2D eigenvalue weighted by Crippen LogP contribution is 2.38. The Morgan fingerprint density at radius 1 is 1.19 bits per heavy atom. The quantitative estimate of drug-likeness (QED) is 0.327. The second-order valence-electron chi connectivity index (χ2n) is 8.18. The van der Waals surface area contributed by atoms with Crippen molar-refractivity contribution in [3.8, 4) is 0 Å². The van der Waals surface area contributed by atoms with Crippen LogP contribution in [-0.4, -0.2) is 52.2 Å². The van der Waals surface area contributed by atoms with Crippen LogP contribution in [0.1, 0.15) is 26.3 Å². The van der Waals surface area contributed by atoms with E-state index in [1.165, 1.54) is 6.08 Å².